The van der Waals surface area contributed by atoms with Gasteiger partial charge >= 0.3 is 0 Å². The molecule has 0 bridgehead atoms. The van der Waals surface area contributed by atoms with Crippen LogP contribution in [0.3, 0.4) is 0 Å². The minimum Gasteiger partial charge on any atom is -0.381 e. The summed E-state index contributed by atoms with van der Waals surface area (Å²) in [4.78, 5) is 4.70. The van der Waals surface area contributed by atoms with Crippen molar-refractivity contribution in [2.24, 2.45) is 0 Å². The molecule has 2 aromatic rings. The first-order valence-electron chi connectivity index (χ1n) is 7.75. The molecule has 2 heterocycles. The Morgan fingerprint density at radius 3 is 2.67 bits per heavy atom. The number of rotatable bonds is 8. The van der Waals surface area contributed by atoms with Crippen molar-refractivity contribution in [1.82, 2.24) is 19.3 Å². The molecule has 0 aliphatic carbocycles. The van der Waals surface area contributed by atoms with Crippen LogP contribution in [0.25, 0.3) is 11.2 Å². The van der Waals surface area contributed by atoms with E-state index in [-0.39, 0.29) is 5.38 Å². The lowest BCUT2D eigenvalue weighted by Crippen LogP contribution is -2.11. The third kappa shape index (κ3) is 3.40. The molecule has 0 aliphatic heterocycles. The van der Waals surface area contributed by atoms with E-state index in [9.17, 15) is 0 Å². The summed E-state index contributed by atoms with van der Waals surface area (Å²) >= 11 is 6.30. The molecule has 0 saturated heterocycles. The molecule has 0 radical (unpaired) electrons. The van der Waals surface area contributed by atoms with Gasteiger partial charge in [0.05, 0.1) is 11.1 Å². The van der Waals surface area contributed by atoms with Gasteiger partial charge in [-0.1, -0.05) is 6.92 Å². The molecule has 0 saturated carbocycles. The molecule has 0 aromatic carbocycles. The lowest BCUT2D eigenvalue weighted by Gasteiger charge is -2.11. The zero-order valence-electron chi connectivity index (χ0n) is 13.4. The van der Waals surface area contributed by atoms with Crippen LogP contribution in [0.2, 0.25) is 0 Å². The van der Waals surface area contributed by atoms with Crippen LogP contribution in [-0.4, -0.2) is 32.5 Å². The van der Waals surface area contributed by atoms with Crippen molar-refractivity contribution in [3.8, 4) is 0 Å². The number of hydrogen-bond acceptors (Lipinski definition) is 3. The van der Waals surface area contributed by atoms with Gasteiger partial charge in [-0.25, -0.2) is 9.67 Å². The average Bonchev–Trinajstić information content (AvgIpc) is 2.97. The van der Waals surface area contributed by atoms with Crippen molar-refractivity contribution in [3.05, 3.63) is 11.5 Å². The molecule has 2 aromatic heterocycles. The summed E-state index contributed by atoms with van der Waals surface area (Å²) < 4.78 is 9.77. The Balaban J connectivity index is 2.27. The van der Waals surface area contributed by atoms with Gasteiger partial charge in [-0.3, -0.25) is 0 Å². The number of hydrogen-bond donors (Lipinski definition) is 0. The smallest absolute Gasteiger partial charge is 0.158 e. The molecule has 0 spiro atoms. The highest BCUT2D eigenvalue weighted by Gasteiger charge is 2.20. The zero-order valence-corrected chi connectivity index (χ0v) is 14.2. The second-order valence-corrected chi connectivity index (χ2v) is 5.93. The van der Waals surface area contributed by atoms with Crippen molar-refractivity contribution >= 4 is 22.8 Å². The monoisotopic (exact) mass is 312 g/mol. The fourth-order valence-corrected chi connectivity index (χ4v) is 2.72. The summed E-state index contributed by atoms with van der Waals surface area (Å²) in [5.74, 6) is 0.921. The van der Waals surface area contributed by atoms with Gasteiger partial charge in [0.15, 0.2) is 5.65 Å². The Morgan fingerprint density at radius 1 is 1.29 bits per heavy atom. The van der Waals surface area contributed by atoms with Gasteiger partial charge in [0.1, 0.15) is 11.3 Å². The molecular weight excluding hydrogens is 288 g/mol. The molecule has 5 nitrogen and oxygen atoms in total. The number of aromatic nitrogens is 4. The maximum atomic E-state index is 6.30. The summed E-state index contributed by atoms with van der Waals surface area (Å²) in [6.45, 7) is 11.5. The van der Waals surface area contributed by atoms with E-state index in [2.05, 4.69) is 23.5 Å². The lowest BCUT2D eigenvalue weighted by molar-refractivity contribution is 0.129. The van der Waals surface area contributed by atoms with Crippen LogP contribution >= 0.6 is 11.6 Å². The predicted molar refractivity (Wildman–Crippen MR) is 85.9 cm³/mol. The van der Waals surface area contributed by atoms with Crippen LogP contribution in [0.4, 0.5) is 0 Å². The fraction of sp³-hybridized carbons (Fsp3) is 0.733. The van der Waals surface area contributed by atoms with E-state index < -0.39 is 0 Å². The van der Waals surface area contributed by atoms with Crippen LogP contribution in [-0.2, 0) is 17.8 Å². The van der Waals surface area contributed by atoms with E-state index in [4.69, 9.17) is 21.3 Å². The predicted octanol–water partition coefficient (Wildman–Crippen LogP) is 3.68. The van der Waals surface area contributed by atoms with Gasteiger partial charge in [0, 0.05) is 26.3 Å². The van der Waals surface area contributed by atoms with Gasteiger partial charge < -0.3 is 9.30 Å². The third-order valence-corrected chi connectivity index (χ3v) is 3.70. The molecule has 1 atom stereocenters. The molecule has 0 N–H and O–H groups in total. The third-order valence-electron chi connectivity index (χ3n) is 3.50. The second kappa shape index (κ2) is 7.27. The molecule has 1 unspecified atom stereocenters. The molecule has 0 fully saturated rings. The Kier molecular flexibility index (Phi) is 5.65. The molecule has 0 amide bonds. The van der Waals surface area contributed by atoms with Crippen LogP contribution < -0.4 is 0 Å². The van der Waals surface area contributed by atoms with Crippen LogP contribution in [0.5, 0.6) is 0 Å². The largest absolute Gasteiger partial charge is 0.381 e. The van der Waals surface area contributed by atoms with Gasteiger partial charge in [-0.2, -0.15) is 5.10 Å². The Labute approximate surface area is 131 Å². The van der Waals surface area contributed by atoms with Crippen molar-refractivity contribution in [1.29, 1.82) is 0 Å². The number of aryl methyl sites for hydroxylation is 3. The molecule has 21 heavy (non-hydrogen) atoms. The number of ether oxygens (including phenoxy) is 1. The number of fused-ring (bicyclic) bond motifs is 1. The van der Waals surface area contributed by atoms with E-state index in [1.807, 2.05) is 18.5 Å². The minimum atomic E-state index is -0.112. The molecule has 6 heteroatoms. The number of alkyl halides is 1. The molecule has 2 rings (SSSR count). The van der Waals surface area contributed by atoms with Crippen LogP contribution in [0.1, 0.15) is 50.5 Å². The maximum absolute atomic E-state index is 6.30. The standard InChI is InChI=1S/C15H25ClN4O/c1-5-9-21-10-7-8-19-14(11(3)16)17-13-12(4)18-20(6-2)15(13)19/h11H,5-10H2,1-4H3. The van der Waals surface area contributed by atoms with Gasteiger partial charge in [-0.15, -0.1) is 11.6 Å². The zero-order chi connectivity index (χ0) is 15.4. The summed E-state index contributed by atoms with van der Waals surface area (Å²) in [6.07, 6.45) is 2.01. The summed E-state index contributed by atoms with van der Waals surface area (Å²) in [5, 5.41) is 4.43. The average molecular weight is 313 g/mol. The SMILES string of the molecule is CCCOCCCn1c(C(C)Cl)nc2c(C)nn(CC)c21. The van der Waals surface area contributed by atoms with Gasteiger partial charge in [-0.05, 0) is 33.6 Å². The normalized spacial score (nSPS) is 13.2. The topological polar surface area (TPSA) is 44.9 Å². The second-order valence-electron chi connectivity index (χ2n) is 5.28. The van der Waals surface area contributed by atoms with Gasteiger partial charge in [0.25, 0.3) is 0 Å². The minimum absolute atomic E-state index is 0.112. The van der Waals surface area contributed by atoms with E-state index in [1.165, 1.54) is 0 Å². The Bertz CT molecular complexity index is 588. The van der Waals surface area contributed by atoms with Crippen LogP contribution in [0, 0.1) is 6.92 Å². The lowest BCUT2D eigenvalue weighted by atomic mass is 10.4. The number of nitrogens with zero attached hydrogens (tertiary/aromatic N) is 4. The van der Waals surface area contributed by atoms with E-state index in [0.29, 0.717) is 0 Å². The molecule has 0 aliphatic rings. The first-order valence-corrected chi connectivity index (χ1v) is 8.19. The number of halogens is 1. The van der Waals surface area contributed by atoms with E-state index in [0.717, 1.165) is 61.8 Å². The summed E-state index contributed by atoms with van der Waals surface area (Å²) in [6, 6.07) is 0. The molecule has 118 valence electrons. The summed E-state index contributed by atoms with van der Waals surface area (Å²) in [5.41, 5.74) is 3.01. The summed E-state index contributed by atoms with van der Waals surface area (Å²) in [7, 11) is 0. The highest BCUT2D eigenvalue weighted by Crippen LogP contribution is 2.26. The Hall–Kier alpha value is -1.07. The van der Waals surface area contributed by atoms with Crippen molar-refractivity contribution < 1.29 is 4.74 Å². The first kappa shape index (κ1) is 16.3. The quantitative estimate of drug-likeness (QED) is 0.552. The van der Waals surface area contributed by atoms with Crippen molar-refractivity contribution in [2.45, 2.75) is 59.0 Å². The van der Waals surface area contributed by atoms with E-state index >= 15 is 0 Å². The molecular formula is C15H25ClN4O. The highest BCUT2D eigenvalue weighted by atomic mass is 35.5. The number of imidazole rings is 1. The van der Waals surface area contributed by atoms with Gasteiger partial charge in [0.2, 0.25) is 0 Å². The maximum Gasteiger partial charge on any atom is 0.158 e. The van der Waals surface area contributed by atoms with E-state index in [1.54, 1.807) is 0 Å². The van der Waals surface area contributed by atoms with Crippen molar-refractivity contribution in [2.75, 3.05) is 13.2 Å². The first-order chi connectivity index (χ1) is 10.1. The fourth-order valence-electron chi connectivity index (χ4n) is 2.56. The van der Waals surface area contributed by atoms with Crippen molar-refractivity contribution in [3.63, 3.8) is 0 Å². The highest BCUT2D eigenvalue weighted by molar-refractivity contribution is 6.20. The van der Waals surface area contributed by atoms with Crippen LogP contribution in [0.15, 0.2) is 0 Å². The Morgan fingerprint density at radius 2 is 2.05 bits per heavy atom.